The number of carbonyl (C=O) groups is 1. The van der Waals surface area contributed by atoms with E-state index in [-0.39, 0.29) is 17.4 Å². The van der Waals surface area contributed by atoms with Crippen molar-refractivity contribution in [2.45, 2.75) is 26.4 Å². The van der Waals surface area contributed by atoms with Crippen LogP contribution in [0.25, 0.3) is 0 Å². The molecule has 0 amide bonds. The number of aromatic nitrogens is 4. The fraction of sp³-hybridized carbons (Fsp3) is 0.333. The van der Waals surface area contributed by atoms with Crippen molar-refractivity contribution in [2.24, 2.45) is 0 Å². The van der Waals surface area contributed by atoms with E-state index in [0.717, 1.165) is 10.8 Å². The first-order valence-corrected chi connectivity index (χ1v) is 5.81. The summed E-state index contributed by atoms with van der Waals surface area (Å²) in [6.45, 7) is 3.45. The van der Waals surface area contributed by atoms with Crippen LogP contribution in [0.5, 0.6) is 0 Å². The molecule has 19 heavy (non-hydrogen) atoms. The number of H-pyrrole nitrogens is 1. The second kappa shape index (κ2) is 5.05. The molecule has 1 unspecified atom stereocenters. The maximum absolute atomic E-state index is 12.1. The van der Waals surface area contributed by atoms with Crippen molar-refractivity contribution in [1.82, 2.24) is 19.1 Å². The van der Waals surface area contributed by atoms with Gasteiger partial charge in [0.25, 0.3) is 5.56 Å². The summed E-state index contributed by atoms with van der Waals surface area (Å²) in [6, 6.07) is -0.384. The smallest absolute Gasteiger partial charge is 0.328 e. The Hall–Kier alpha value is -2.44. The van der Waals surface area contributed by atoms with Crippen LogP contribution >= 0.6 is 0 Å². The Morgan fingerprint density at radius 1 is 1.47 bits per heavy atom. The minimum atomic E-state index is -0.566. The summed E-state index contributed by atoms with van der Waals surface area (Å²) in [5.41, 5.74) is -1.11. The van der Waals surface area contributed by atoms with Crippen molar-refractivity contribution < 1.29 is 4.79 Å². The van der Waals surface area contributed by atoms with Crippen molar-refractivity contribution in [3.05, 3.63) is 51.3 Å². The zero-order valence-corrected chi connectivity index (χ0v) is 10.7. The highest BCUT2D eigenvalue weighted by Crippen LogP contribution is 2.03. The number of ketones is 1. The van der Waals surface area contributed by atoms with Crippen molar-refractivity contribution in [3.8, 4) is 0 Å². The van der Waals surface area contributed by atoms with Gasteiger partial charge in [0.2, 0.25) is 0 Å². The Labute approximate surface area is 108 Å². The lowest BCUT2D eigenvalue weighted by atomic mass is 10.2. The topological polar surface area (TPSA) is 89.8 Å². The predicted octanol–water partition coefficient (Wildman–Crippen LogP) is 0.197. The van der Waals surface area contributed by atoms with Gasteiger partial charge in [-0.3, -0.25) is 14.2 Å². The van der Waals surface area contributed by atoms with Gasteiger partial charge in [-0.1, -0.05) is 0 Å². The molecule has 1 N–H and O–H groups in total. The van der Waals surface area contributed by atoms with Gasteiger partial charge in [0.05, 0.1) is 17.9 Å². The van der Waals surface area contributed by atoms with Gasteiger partial charge in [0.1, 0.15) is 0 Å². The van der Waals surface area contributed by atoms with Gasteiger partial charge in [0.15, 0.2) is 5.78 Å². The van der Waals surface area contributed by atoms with Gasteiger partial charge >= 0.3 is 5.69 Å². The third-order valence-corrected chi connectivity index (χ3v) is 2.86. The number of nitrogens with one attached hydrogen (secondary N) is 1. The van der Waals surface area contributed by atoms with E-state index in [1.165, 1.54) is 6.92 Å². The molecule has 100 valence electrons. The molecule has 0 bridgehead atoms. The lowest BCUT2D eigenvalue weighted by Gasteiger charge is -2.14. The Bertz CT molecular complexity index is 697. The van der Waals surface area contributed by atoms with Gasteiger partial charge in [-0.25, -0.2) is 9.78 Å². The summed E-state index contributed by atoms with van der Waals surface area (Å²) in [6.07, 6.45) is 6.12. The molecule has 2 rings (SSSR count). The summed E-state index contributed by atoms with van der Waals surface area (Å²) in [5.74, 6) is -0.371. The summed E-state index contributed by atoms with van der Waals surface area (Å²) in [4.78, 5) is 41.5. The molecule has 2 heterocycles. The largest absolute Gasteiger partial charge is 0.335 e. The number of rotatable bonds is 4. The monoisotopic (exact) mass is 262 g/mol. The van der Waals surface area contributed by atoms with Crippen molar-refractivity contribution in [1.29, 1.82) is 0 Å². The Balaban J connectivity index is 2.44. The van der Waals surface area contributed by atoms with Gasteiger partial charge in [0, 0.05) is 25.1 Å². The highest BCUT2D eigenvalue weighted by molar-refractivity contribution is 5.93. The lowest BCUT2D eigenvalue weighted by molar-refractivity contribution is 0.101. The zero-order valence-electron chi connectivity index (χ0n) is 10.7. The average Bonchev–Trinajstić information content (AvgIpc) is 2.81. The van der Waals surface area contributed by atoms with E-state index in [2.05, 4.69) is 9.97 Å². The van der Waals surface area contributed by atoms with Crippen LogP contribution in [-0.4, -0.2) is 24.9 Å². The van der Waals surface area contributed by atoms with E-state index < -0.39 is 11.2 Å². The van der Waals surface area contributed by atoms with Crippen LogP contribution in [0.4, 0.5) is 0 Å². The summed E-state index contributed by atoms with van der Waals surface area (Å²) >= 11 is 0. The first kappa shape index (κ1) is 13.0. The molecule has 2 aromatic rings. The van der Waals surface area contributed by atoms with Crippen molar-refractivity contribution in [3.63, 3.8) is 0 Å². The van der Waals surface area contributed by atoms with Crippen LogP contribution in [0, 0.1) is 0 Å². The van der Waals surface area contributed by atoms with Crippen LogP contribution in [-0.2, 0) is 6.54 Å². The molecular weight excluding hydrogens is 248 g/mol. The number of carbonyl (C=O) groups excluding carboxylic acids is 1. The Morgan fingerprint density at radius 3 is 2.79 bits per heavy atom. The molecule has 0 aliphatic carbocycles. The average molecular weight is 262 g/mol. The number of imidazole rings is 1. The second-order valence-corrected chi connectivity index (χ2v) is 4.35. The number of nitrogens with zero attached hydrogens (tertiary/aromatic N) is 3. The van der Waals surface area contributed by atoms with Crippen molar-refractivity contribution in [2.75, 3.05) is 0 Å². The molecule has 0 fully saturated rings. The molecule has 0 saturated heterocycles. The van der Waals surface area contributed by atoms with Crippen molar-refractivity contribution >= 4 is 5.78 Å². The zero-order chi connectivity index (χ0) is 14.0. The van der Waals surface area contributed by atoms with E-state index in [9.17, 15) is 14.4 Å². The van der Waals surface area contributed by atoms with Crippen LogP contribution in [0.2, 0.25) is 0 Å². The fourth-order valence-corrected chi connectivity index (χ4v) is 1.92. The highest BCUT2D eigenvalue weighted by atomic mass is 16.2. The van der Waals surface area contributed by atoms with Gasteiger partial charge in [-0.2, -0.15) is 0 Å². The predicted molar refractivity (Wildman–Crippen MR) is 68.3 cm³/mol. The highest BCUT2D eigenvalue weighted by Gasteiger charge is 2.15. The van der Waals surface area contributed by atoms with Crippen LogP contribution in [0.15, 0.2) is 34.5 Å². The maximum atomic E-state index is 12.1. The van der Waals surface area contributed by atoms with E-state index in [1.54, 1.807) is 30.2 Å². The molecule has 0 spiro atoms. The molecule has 0 aliphatic rings. The SMILES string of the molecule is CC(=O)c1c[nH]c(=O)n(C(C)Cn2ccnc2)c1=O. The number of Topliss-reactive ketones (excluding diaryl/α,β-unsaturated/α-hetero) is 1. The molecule has 2 aromatic heterocycles. The van der Waals surface area contributed by atoms with E-state index in [4.69, 9.17) is 0 Å². The van der Waals surface area contributed by atoms with E-state index in [1.807, 2.05) is 0 Å². The summed E-state index contributed by atoms with van der Waals surface area (Å²) < 4.78 is 2.81. The molecule has 7 nitrogen and oxygen atoms in total. The minimum absolute atomic E-state index is 0.0166. The van der Waals surface area contributed by atoms with Crippen LogP contribution in [0.3, 0.4) is 0 Å². The van der Waals surface area contributed by atoms with Gasteiger partial charge in [-0.05, 0) is 13.8 Å². The van der Waals surface area contributed by atoms with E-state index >= 15 is 0 Å². The third-order valence-electron chi connectivity index (χ3n) is 2.86. The lowest BCUT2D eigenvalue weighted by Crippen LogP contribution is -2.40. The van der Waals surface area contributed by atoms with Crippen LogP contribution in [0.1, 0.15) is 30.2 Å². The van der Waals surface area contributed by atoms with Gasteiger partial charge in [-0.15, -0.1) is 0 Å². The quantitative estimate of drug-likeness (QED) is 0.797. The molecule has 0 aromatic carbocycles. The standard InChI is InChI=1S/C12H14N4O3/c1-8(6-15-4-3-13-7-15)16-11(18)10(9(2)17)5-14-12(16)19/h3-5,7-8H,6H2,1-2H3,(H,14,19). The second-order valence-electron chi connectivity index (χ2n) is 4.35. The fourth-order valence-electron chi connectivity index (χ4n) is 1.92. The molecule has 7 heteroatoms. The first-order valence-electron chi connectivity index (χ1n) is 5.81. The third kappa shape index (κ3) is 2.54. The number of aromatic amines is 1. The molecule has 0 aliphatic heterocycles. The molecule has 0 radical (unpaired) electrons. The van der Waals surface area contributed by atoms with Crippen LogP contribution < -0.4 is 11.2 Å². The minimum Gasteiger partial charge on any atom is -0.335 e. The van der Waals surface area contributed by atoms with E-state index in [0.29, 0.717) is 6.54 Å². The maximum Gasteiger partial charge on any atom is 0.328 e. The normalized spacial score (nSPS) is 12.3. The molecular formula is C12H14N4O3. The first-order chi connectivity index (χ1) is 9.00. The summed E-state index contributed by atoms with van der Waals surface area (Å²) in [5, 5.41) is 0. The molecule has 0 saturated carbocycles. The Morgan fingerprint density at radius 2 is 2.21 bits per heavy atom. The van der Waals surface area contributed by atoms with Gasteiger partial charge < -0.3 is 9.55 Å². The number of hydrogen-bond donors (Lipinski definition) is 1. The Kier molecular flexibility index (Phi) is 3.46. The molecule has 1 atom stereocenters. The number of hydrogen-bond acceptors (Lipinski definition) is 4. The summed E-state index contributed by atoms with van der Waals surface area (Å²) in [7, 11) is 0.